The molecule has 0 saturated heterocycles. The van der Waals surface area contributed by atoms with Crippen molar-refractivity contribution in [3.8, 4) is 5.69 Å². The molecule has 0 aliphatic carbocycles. The van der Waals surface area contributed by atoms with Gasteiger partial charge >= 0.3 is 5.97 Å². The highest BCUT2D eigenvalue weighted by atomic mass is 32.2. The first-order chi connectivity index (χ1) is 15.4. The molecule has 9 heteroatoms. The van der Waals surface area contributed by atoms with Gasteiger partial charge in [-0.25, -0.2) is 4.68 Å². The number of aromatic nitrogens is 2. The Morgan fingerprint density at radius 3 is 2.66 bits per heavy atom. The maximum atomic E-state index is 12.4. The molecule has 1 N–H and O–H groups in total. The molecular weight excluding hydrogens is 428 g/mol. The van der Waals surface area contributed by atoms with E-state index in [9.17, 15) is 14.4 Å². The average molecular weight is 451 g/mol. The number of para-hydroxylation sites is 1. The fraction of sp³-hybridized carbons (Fsp3) is 0.217. The Morgan fingerprint density at radius 1 is 1.12 bits per heavy atom. The van der Waals surface area contributed by atoms with Crippen LogP contribution in [0.15, 0.2) is 59.5 Å². The largest absolute Gasteiger partial charge is 0.454 e. The molecule has 4 rings (SSSR count). The highest BCUT2D eigenvalue weighted by molar-refractivity contribution is 8.00. The summed E-state index contributed by atoms with van der Waals surface area (Å²) in [7, 11) is 0. The van der Waals surface area contributed by atoms with Crippen molar-refractivity contribution < 1.29 is 19.1 Å². The summed E-state index contributed by atoms with van der Waals surface area (Å²) in [5.41, 5.74) is 3.32. The summed E-state index contributed by atoms with van der Waals surface area (Å²) in [6, 6.07) is 16.8. The van der Waals surface area contributed by atoms with Crippen molar-refractivity contribution in [3.05, 3.63) is 65.9 Å². The maximum Gasteiger partial charge on any atom is 0.326 e. The Labute approximate surface area is 189 Å². The van der Waals surface area contributed by atoms with E-state index < -0.39 is 18.5 Å². The first-order valence-electron chi connectivity index (χ1n) is 10.0. The first-order valence-corrected chi connectivity index (χ1v) is 11.0. The minimum Gasteiger partial charge on any atom is -0.454 e. The average Bonchev–Trinajstić information content (AvgIpc) is 3.14. The molecule has 2 aromatic carbocycles. The van der Waals surface area contributed by atoms with Gasteiger partial charge in [0.2, 0.25) is 5.91 Å². The van der Waals surface area contributed by atoms with Crippen LogP contribution < -0.4 is 10.2 Å². The summed E-state index contributed by atoms with van der Waals surface area (Å²) in [6.45, 7) is 3.11. The third-order valence-corrected chi connectivity index (χ3v) is 5.88. The second-order valence-electron chi connectivity index (χ2n) is 7.36. The van der Waals surface area contributed by atoms with E-state index in [0.29, 0.717) is 11.5 Å². The number of ether oxygens (including phenoxy) is 1. The van der Waals surface area contributed by atoms with Gasteiger partial charge in [-0.1, -0.05) is 29.8 Å². The zero-order chi connectivity index (χ0) is 22.7. The van der Waals surface area contributed by atoms with Crippen molar-refractivity contribution in [2.45, 2.75) is 18.7 Å². The van der Waals surface area contributed by atoms with E-state index in [4.69, 9.17) is 4.74 Å². The van der Waals surface area contributed by atoms with Gasteiger partial charge in [0, 0.05) is 11.0 Å². The number of anilines is 2. The maximum absolute atomic E-state index is 12.4. The zero-order valence-electron chi connectivity index (χ0n) is 17.7. The molecule has 2 amide bonds. The van der Waals surface area contributed by atoms with Gasteiger partial charge in [0.15, 0.2) is 6.61 Å². The van der Waals surface area contributed by atoms with Gasteiger partial charge in [0.25, 0.3) is 5.91 Å². The van der Waals surface area contributed by atoms with Crippen LogP contribution in [0.4, 0.5) is 11.5 Å². The molecule has 164 valence electrons. The van der Waals surface area contributed by atoms with E-state index in [0.717, 1.165) is 21.8 Å². The number of carbonyl (C=O) groups excluding carboxylic acids is 3. The summed E-state index contributed by atoms with van der Waals surface area (Å²) in [5, 5.41) is 7.14. The van der Waals surface area contributed by atoms with Crippen LogP contribution >= 0.6 is 11.8 Å². The van der Waals surface area contributed by atoms with Crippen molar-refractivity contribution in [1.82, 2.24) is 9.78 Å². The quantitative estimate of drug-likeness (QED) is 0.580. The second kappa shape index (κ2) is 9.27. The van der Waals surface area contributed by atoms with Crippen LogP contribution in [0.2, 0.25) is 0 Å². The van der Waals surface area contributed by atoms with Gasteiger partial charge in [-0.15, -0.1) is 11.8 Å². The SMILES string of the molecule is Cc1ccc(-n2nc(C)cc2NC(=O)COC(=O)CN2C(=O)CSc3ccccc32)cc1. The molecule has 0 bridgehead atoms. The fourth-order valence-electron chi connectivity index (χ4n) is 3.30. The number of carbonyl (C=O) groups is 3. The minimum absolute atomic E-state index is 0.174. The number of fused-ring (bicyclic) bond motifs is 1. The molecule has 0 radical (unpaired) electrons. The third kappa shape index (κ3) is 4.83. The Balaban J connectivity index is 1.36. The molecule has 1 aliphatic rings. The van der Waals surface area contributed by atoms with Crippen molar-refractivity contribution in [2.75, 3.05) is 29.1 Å². The first kappa shape index (κ1) is 21.6. The van der Waals surface area contributed by atoms with Crippen LogP contribution in [-0.4, -0.2) is 46.5 Å². The van der Waals surface area contributed by atoms with E-state index >= 15 is 0 Å². The Kier molecular flexibility index (Phi) is 6.27. The lowest BCUT2D eigenvalue weighted by Gasteiger charge is -2.27. The predicted molar refractivity (Wildman–Crippen MR) is 122 cm³/mol. The number of aryl methyl sites for hydroxylation is 2. The molecule has 8 nitrogen and oxygen atoms in total. The zero-order valence-corrected chi connectivity index (χ0v) is 18.5. The van der Waals surface area contributed by atoms with Crippen LogP contribution in [0.5, 0.6) is 0 Å². The highest BCUT2D eigenvalue weighted by Gasteiger charge is 2.27. The molecule has 0 fully saturated rings. The van der Waals surface area contributed by atoms with Gasteiger partial charge in [-0.2, -0.15) is 5.10 Å². The molecule has 0 saturated carbocycles. The molecule has 0 spiro atoms. The normalized spacial score (nSPS) is 12.9. The number of hydrogen-bond acceptors (Lipinski definition) is 6. The van der Waals surface area contributed by atoms with Crippen LogP contribution in [0.25, 0.3) is 5.69 Å². The third-order valence-electron chi connectivity index (χ3n) is 4.84. The Bertz CT molecular complexity index is 1170. The number of rotatable bonds is 6. The van der Waals surface area contributed by atoms with E-state index in [2.05, 4.69) is 10.4 Å². The molecule has 3 aromatic rings. The summed E-state index contributed by atoms with van der Waals surface area (Å²) in [6.07, 6.45) is 0. The lowest BCUT2D eigenvalue weighted by molar-refractivity contribution is -0.146. The number of hydrogen-bond donors (Lipinski definition) is 1. The Morgan fingerprint density at radius 2 is 1.88 bits per heavy atom. The lowest BCUT2D eigenvalue weighted by Crippen LogP contribution is -2.40. The number of thioether (sulfide) groups is 1. The van der Waals surface area contributed by atoms with Crippen LogP contribution in [0.3, 0.4) is 0 Å². The second-order valence-corrected chi connectivity index (χ2v) is 8.38. The minimum atomic E-state index is -0.654. The van der Waals surface area contributed by atoms with Crippen molar-refractivity contribution in [2.24, 2.45) is 0 Å². The smallest absolute Gasteiger partial charge is 0.326 e. The van der Waals surface area contributed by atoms with Crippen LogP contribution in [-0.2, 0) is 19.1 Å². The summed E-state index contributed by atoms with van der Waals surface area (Å²) < 4.78 is 6.75. The van der Waals surface area contributed by atoms with Crippen LogP contribution in [0, 0.1) is 13.8 Å². The molecule has 1 aromatic heterocycles. The molecule has 0 unspecified atom stereocenters. The monoisotopic (exact) mass is 450 g/mol. The molecule has 2 heterocycles. The van der Waals surface area contributed by atoms with Gasteiger partial charge in [0.1, 0.15) is 12.4 Å². The number of esters is 1. The number of amides is 2. The highest BCUT2D eigenvalue weighted by Crippen LogP contribution is 2.34. The van der Waals surface area contributed by atoms with Crippen molar-refractivity contribution in [3.63, 3.8) is 0 Å². The van der Waals surface area contributed by atoms with Gasteiger partial charge < -0.3 is 10.1 Å². The standard InChI is InChI=1S/C23H22N4O4S/c1-15-7-9-17(10-8-15)27-20(11-16(2)25-27)24-21(28)13-31-23(30)12-26-18-5-3-4-6-19(18)32-14-22(26)29/h3-11H,12-14H2,1-2H3,(H,24,28). The number of nitrogens with zero attached hydrogens (tertiary/aromatic N) is 3. The van der Waals surface area contributed by atoms with E-state index in [1.165, 1.54) is 16.7 Å². The summed E-state index contributed by atoms with van der Waals surface area (Å²) >= 11 is 1.43. The van der Waals surface area contributed by atoms with Crippen molar-refractivity contribution >= 4 is 41.1 Å². The van der Waals surface area contributed by atoms with Crippen molar-refractivity contribution in [1.29, 1.82) is 0 Å². The predicted octanol–water partition coefficient (Wildman–Crippen LogP) is 3.11. The Hall–Kier alpha value is -3.59. The van der Waals surface area contributed by atoms with E-state index in [1.807, 2.05) is 56.3 Å². The van der Waals surface area contributed by atoms with E-state index in [1.54, 1.807) is 16.8 Å². The molecular formula is C23H22N4O4S. The van der Waals surface area contributed by atoms with Gasteiger partial charge in [-0.05, 0) is 38.1 Å². The lowest BCUT2D eigenvalue weighted by atomic mass is 10.2. The van der Waals surface area contributed by atoms with E-state index in [-0.39, 0.29) is 18.2 Å². The number of benzene rings is 2. The van der Waals surface area contributed by atoms with Crippen LogP contribution in [0.1, 0.15) is 11.3 Å². The summed E-state index contributed by atoms with van der Waals surface area (Å²) in [5.74, 6) is -0.587. The molecule has 32 heavy (non-hydrogen) atoms. The fourth-order valence-corrected chi connectivity index (χ4v) is 4.23. The topological polar surface area (TPSA) is 93.5 Å². The number of nitrogens with one attached hydrogen (secondary N) is 1. The summed E-state index contributed by atoms with van der Waals surface area (Å²) in [4.78, 5) is 39.3. The van der Waals surface area contributed by atoms with Gasteiger partial charge in [0.05, 0.1) is 22.8 Å². The molecule has 1 aliphatic heterocycles. The van der Waals surface area contributed by atoms with Gasteiger partial charge in [-0.3, -0.25) is 19.3 Å². The molecule has 0 atom stereocenters.